The number of hydrogen-bond donors (Lipinski definition) is 1. The van der Waals surface area contributed by atoms with Crippen LogP contribution in [0.15, 0.2) is 42.5 Å². The minimum Gasteiger partial charge on any atom is -0.426 e. The van der Waals surface area contributed by atoms with Gasteiger partial charge in [-0.2, -0.15) is 13.2 Å². The van der Waals surface area contributed by atoms with Gasteiger partial charge in [-0.25, -0.2) is 0 Å². The second-order valence-electron chi connectivity index (χ2n) is 7.60. The van der Waals surface area contributed by atoms with Gasteiger partial charge in [0, 0.05) is 42.0 Å². The van der Waals surface area contributed by atoms with Crippen LogP contribution in [0.4, 0.5) is 24.5 Å². The third kappa shape index (κ3) is 4.55. The van der Waals surface area contributed by atoms with Gasteiger partial charge in [-0.05, 0) is 43.2 Å². The Morgan fingerprint density at radius 1 is 1.03 bits per heavy atom. The summed E-state index contributed by atoms with van der Waals surface area (Å²) < 4.78 is 43.2. The van der Waals surface area contributed by atoms with Crippen molar-refractivity contribution in [3.63, 3.8) is 0 Å². The van der Waals surface area contributed by atoms with Crippen molar-refractivity contribution in [1.29, 1.82) is 0 Å². The van der Waals surface area contributed by atoms with Crippen LogP contribution in [0.1, 0.15) is 24.0 Å². The van der Waals surface area contributed by atoms with Crippen LogP contribution in [0.25, 0.3) is 0 Å². The molecular weight excluding hydrogens is 413 g/mol. The van der Waals surface area contributed by atoms with E-state index in [1.165, 1.54) is 18.2 Å². The van der Waals surface area contributed by atoms with Gasteiger partial charge < -0.3 is 15.0 Å². The number of nitrogens with one attached hydrogen (secondary N) is 1. The summed E-state index contributed by atoms with van der Waals surface area (Å²) in [6, 6.07) is 9.69. The number of alkyl halides is 3. The SMILES string of the molecule is O=C1Cc2ccc(NC(=O)C(=O)C3CCN(c4ccc(C(F)(F)F)cc4)CC3)cc2O1. The molecule has 2 heterocycles. The predicted molar refractivity (Wildman–Crippen MR) is 106 cm³/mol. The number of Topliss-reactive ketones (excluding diaryl/α,β-unsaturated/α-hetero) is 1. The van der Waals surface area contributed by atoms with Crippen molar-refractivity contribution >= 4 is 29.0 Å². The number of rotatable bonds is 4. The zero-order chi connectivity index (χ0) is 22.2. The van der Waals surface area contributed by atoms with Crippen LogP contribution in [-0.4, -0.2) is 30.7 Å². The van der Waals surface area contributed by atoms with E-state index < -0.39 is 29.3 Å². The van der Waals surface area contributed by atoms with Crippen LogP contribution in [0.2, 0.25) is 0 Å². The van der Waals surface area contributed by atoms with Crippen molar-refractivity contribution < 1.29 is 32.3 Å². The van der Waals surface area contributed by atoms with Crippen molar-refractivity contribution in [2.45, 2.75) is 25.4 Å². The Morgan fingerprint density at radius 3 is 2.35 bits per heavy atom. The first-order valence-corrected chi connectivity index (χ1v) is 9.82. The van der Waals surface area contributed by atoms with E-state index in [4.69, 9.17) is 4.74 Å². The highest BCUT2D eigenvalue weighted by Crippen LogP contribution is 2.32. The standard InChI is InChI=1S/C22H19F3N2O4/c23-22(24,25)15-2-5-17(6-3-15)27-9-7-13(8-10-27)20(29)21(30)26-16-4-1-14-11-19(28)31-18(14)12-16/h1-6,12-13H,7-11H2,(H,26,30). The Balaban J connectivity index is 1.32. The first kappa shape index (κ1) is 20.9. The van der Waals surface area contributed by atoms with Gasteiger partial charge >= 0.3 is 12.1 Å². The molecule has 2 aromatic carbocycles. The van der Waals surface area contributed by atoms with E-state index >= 15 is 0 Å². The van der Waals surface area contributed by atoms with Crippen LogP contribution < -0.4 is 15.0 Å². The molecule has 1 amide bonds. The first-order valence-electron chi connectivity index (χ1n) is 9.82. The Bertz CT molecular complexity index is 1030. The van der Waals surface area contributed by atoms with Crippen LogP contribution in [-0.2, 0) is 27.0 Å². The first-order chi connectivity index (χ1) is 14.7. The number of hydrogen-bond acceptors (Lipinski definition) is 5. The lowest BCUT2D eigenvalue weighted by atomic mass is 9.91. The second-order valence-corrected chi connectivity index (χ2v) is 7.60. The molecule has 31 heavy (non-hydrogen) atoms. The molecule has 1 fully saturated rings. The summed E-state index contributed by atoms with van der Waals surface area (Å²) in [5.74, 6) is -1.73. The monoisotopic (exact) mass is 432 g/mol. The van der Waals surface area contributed by atoms with E-state index in [1.807, 2.05) is 4.90 Å². The molecule has 0 aromatic heterocycles. The number of amides is 1. The number of piperidine rings is 1. The van der Waals surface area contributed by atoms with E-state index in [-0.39, 0.29) is 12.4 Å². The summed E-state index contributed by atoms with van der Waals surface area (Å²) in [6.07, 6.45) is -3.35. The quantitative estimate of drug-likeness (QED) is 0.454. The van der Waals surface area contributed by atoms with Crippen molar-refractivity contribution in [3.05, 3.63) is 53.6 Å². The number of benzene rings is 2. The smallest absolute Gasteiger partial charge is 0.416 e. The number of carbonyl (C=O) groups is 3. The summed E-state index contributed by atoms with van der Waals surface area (Å²) in [5.41, 5.74) is 1.04. The number of esters is 1. The average molecular weight is 432 g/mol. The van der Waals surface area contributed by atoms with Crippen molar-refractivity contribution in [2.24, 2.45) is 5.92 Å². The van der Waals surface area contributed by atoms with Gasteiger partial charge in [-0.3, -0.25) is 14.4 Å². The molecule has 9 heteroatoms. The molecule has 4 rings (SSSR count). The number of ether oxygens (including phenoxy) is 1. The van der Waals surface area contributed by atoms with Gasteiger partial charge in [0.25, 0.3) is 5.91 Å². The molecular formula is C22H19F3N2O4. The molecule has 0 atom stereocenters. The Morgan fingerprint density at radius 2 is 1.71 bits per heavy atom. The van der Waals surface area contributed by atoms with E-state index in [0.29, 0.717) is 43.1 Å². The van der Waals surface area contributed by atoms with E-state index in [1.54, 1.807) is 12.1 Å². The fourth-order valence-electron chi connectivity index (χ4n) is 3.83. The fourth-order valence-corrected chi connectivity index (χ4v) is 3.83. The summed E-state index contributed by atoms with van der Waals surface area (Å²) >= 11 is 0. The molecule has 162 valence electrons. The molecule has 2 aromatic rings. The van der Waals surface area contributed by atoms with E-state index in [2.05, 4.69) is 5.32 Å². The molecule has 2 aliphatic heterocycles. The summed E-state index contributed by atoms with van der Waals surface area (Å²) in [6.45, 7) is 0.924. The number of anilines is 2. The summed E-state index contributed by atoms with van der Waals surface area (Å²) in [4.78, 5) is 38.1. The van der Waals surface area contributed by atoms with Crippen LogP contribution in [0.3, 0.4) is 0 Å². The highest BCUT2D eigenvalue weighted by molar-refractivity contribution is 6.41. The third-order valence-corrected chi connectivity index (χ3v) is 5.53. The van der Waals surface area contributed by atoms with Gasteiger partial charge in [0.1, 0.15) is 5.75 Å². The van der Waals surface area contributed by atoms with E-state index in [0.717, 1.165) is 17.7 Å². The molecule has 0 bridgehead atoms. The van der Waals surface area contributed by atoms with Crippen LogP contribution in [0.5, 0.6) is 5.75 Å². The largest absolute Gasteiger partial charge is 0.426 e. The summed E-state index contributed by atoms with van der Waals surface area (Å²) in [5, 5.41) is 2.55. The number of nitrogens with zero attached hydrogens (tertiary/aromatic N) is 1. The minimum absolute atomic E-state index is 0.181. The predicted octanol–water partition coefficient (Wildman–Crippen LogP) is 3.59. The van der Waals surface area contributed by atoms with Gasteiger partial charge in [0.15, 0.2) is 0 Å². The molecule has 2 aliphatic rings. The number of carbonyl (C=O) groups excluding carboxylic acids is 3. The summed E-state index contributed by atoms with van der Waals surface area (Å²) in [7, 11) is 0. The molecule has 0 aliphatic carbocycles. The zero-order valence-electron chi connectivity index (χ0n) is 16.4. The van der Waals surface area contributed by atoms with Crippen molar-refractivity contribution in [1.82, 2.24) is 0 Å². The molecule has 1 saturated heterocycles. The molecule has 6 nitrogen and oxygen atoms in total. The molecule has 1 N–H and O–H groups in total. The lowest BCUT2D eigenvalue weighted by Gasteiger charge is -2.32. The van der Waals surface area contributed by atoms with Crippen molar-refractivity contribution in [3.8, 4) is 5.75 Å². The molecule has 0 radical (unpaired) electrons. The highest BCUT2D eigenvalue weighted by atomic mass is 19.4. The van der Waals surface area contributed by atoms with E-state index in [9.17, 15) is 27.6 Å². The number of fused-ring (bicyclic) bond motifs is 1. The third-order valence-electron chi connectivity index (χ3n) is 5.53. The molecule has 0 saturated carbocycles. The highest BCUT2D eigenvalue weighted by Gasteiger charge is 2.32. The molecule has 0 spiro atoms. The number of ketones is 1. The number of halogens is 3. The van der Waals surface area contributed by atoms with Gasteiger partial charge in [0.05, 0.1) is 12.0 Å². The maximum Gasteiger partial charge on any atom is 0.416 e. The van der Waals surface area contributed by atoms with Crippen LogP contribution >= 0.6 is 0 Å². The average Bonchev–Trinajstić information content (AvgIpc) is 3.12. The lowest BCUT2D eigenvalue weighted by Crippen LogP contribution is -2.39. The fraction of sp³-hybridized carbons (Fsp3) is 0.318. The maximum atomic E-state index is 12.7. The van der Waals surface area contributed by atoms with Gasteiger partial charge in [-0.1, -0.05) is 6.07 Å². The van der Waals surface area contributed by atoms with Gasteiger partial charge in [0.2, 0.25) is 5.78 Å². The zero-order valence-corrected chi connectivity index (χ0v) is 16.4. The van der Waals surface area contributed by atoms with Crippen molar-refractivity contribution in [2.75, 3.05) is 23.3 Å². The van der Waals surface area contributed by atoms with Gasteiger partial charge in [-0.15, -0.1) is 0 Å². The molecule has 0 unspecified atom stereocenters. The Hall–Kier alpha value is -3.36. The van der Waals surface area contributed by atoms with Crippen LogP contribution in [0, 0.1) is 5.92 Å². The minimum atomic E-state index is -4.38. The maximum absolute atomic E-state index is 12.7. The lowest BCUT2D eigenvalue weighted by molar-refractivity contribution is -0.137. The normalized spacial score (nSPS) is 16.6. The Kier molecular flexibility index (Phi) is 5.43. The Labute approximate surface area is 176 Å². The second kappa shape index (κ2) is 8.05. The topological polar surface area (TPSA) is 75.7 Å².